The normalized spacial score (nSPS) is 10.4. The van der Waals surface area contributed by atoms with Crippen LogP contribution < -0.4 is 5.73 Å². The number of anilines is 1. The summed E-state index contributed by atoms with van der Waals surface area (Å²) in [7, 11) is 1.88. The molecule has 0 radical (unpaired) electrons. The minimum Gasteiger partial charge on any atom is -0.397 e. The molecule has 0 atom stereocenters. The molecule has 2 N–H and O–H groups in total. The highest BCUT2D eigenvalue weighted by Crippen LogP contribution is 2.16. The van der Waals surface area contributed by atoms with Crippen molar-refractivity contribution < 1.29 is 0 Å². The van der Waals surface area contributed by atoms with E-state index >= 15 is 0 Å². The maximum Gasteiger partial charge on any atom is 0.182 e. The minimum atomic E-state index is 0.691. The molecule has 2 rings (SSSR count). The topological polar surface area (TPSA) is 69.6 Å². The van der Waals surface area contributed by atoms with E-state index in [2.05, 4.69) is 15.2 Å². The van der Waals surface area contributed by atoms with Gasteiger partial charge < -0.3 is 10.3 Å². The van der Waals surface area contributed by atoms with Gasteiger partial charge >= 0.3 is 0 Å². The first kappa shape index (κ1) is 8.68. The van der Waals surface area contributed by atoms with Crippen LogP contribution in [0.15, 0.2) is 18.5 Å². The molecule has 0 aliphatic heterocycles. The van der Waals surface area contributed by atoms with Crippen molar-refractivity contribution in [2.75, 3.05) is 5.73 Å². The highest BCUT2D eigenvalue weighted by Gasteiger charge is 2.06. The molecule has 5 nitrogen and oxygen atoms in total. The SMILES string of the molecule is Cc1nc(-c2nncn2C)ccc1N. The van der Waals surface area contributed by atoms with Crippen LogP contribution in [0.4, 0.5) is 5.69 Å². The zero-order valence-electron chi connectivity index (χ0n) is 8.10. The Hall–Kier alpha value is -1.91. The van der Waals surface area contributed by atoms with E-state index in [1.54, 1.807) is 6.33 Å². The Morgan fingerprint density at radius 1 is 1.36 bits per heavy atom. The number of nitrogens with zero attached hydrogens (tertiary/aromatic N) is 4. The van der Waals surface area contributed by atoms with E-state index in [0.717, 1.165) is 17.2 Å². The van der Waals surface area contributed by atoms with Crippen LogP contribution in [-0.2, 0) is 7.05 Å². The molecule has 2 aromatic heterocycles. The van der Waals surface area contributed by atoms with Crippen molar-refractivity contribution in [3.8, 4) is 11.5 Å². The fraction of sp³-hybridized carbons (Fsp3) is 0.222. The van der Waals surface area contributed by atoms with Gasteiger partial charge in [0.05, 0.1) is 11.4 Å². The van der Waals surface area contributed by atoms with Crippen molar-refractivity contribution >= 4 is 5.69 Å². The predicted molar refractivity (Wildman–Crippen MR) is 53.4 cm³/mol. The highest BCUT2D eigenvalue weighted by molar-refractivity contribution is 5.54. The van der Waals surface area contributed by atoms with Crippen molar-refractivity contribution in [1.82, 2.24) is 19.7 Å². The lowest BCUT2D eigenvalue weighted by atomic mass is 10.2. The van der Waals surface area contributed by atoms with Crippen LogP contribution in [0, 0.1) is 6.92 Å². The van der Waals surface area contributed by atoms with Gasteiger partial charge in [-0.2, -0.15) is 0 Å². The first-order valence-corrected chi connectivity index (χ1v) is 4.26. The number of nitrogen functional groups attached to an aromatic ring is 1. The minimum absolute atomic E-state index is 0.691. The van der Waals surface area contributed by atoms with Crippen molar-refractivity contribution in [3.05, 3.63) is 24.2 Å². The Bertz CT molecular complexity index is 460. The van der Waals surface area contributed by atoms with Gasteiger partial charge in [-0.1, -0.05) is 0 Å². The lowest BCUT2D eigenvalue weighted by Crippen LogP contribution is -1.98. The molecular weight excluding hydrogens is 178 g/mol. The first-order chi connectivity index (χ1) is 6.68. The number of pyridine rings is 1. The molecule has 0 aliphatic carbocycles. The molecule has 0 unspecified atom stereocenters. The third-order valence-corrected chi connectivity index (χ3v) is 2.07. The average molecular weight is 189 g/mol. The fourth-order valence-electron chi connectivity index (χ4n) is 1.21. The van der Waals surface area contributed by atoms with Crippen LogP contribution in [0.1, 0.15) is 5.69 Å². The Morgan fingerprint density at radius 3 is 2.71 bits per heavy atom. The molecule has 72 valence electrons. The lowest BCUT2D eigenvalue weighted by Gasteiger charge is -2.02. The van der Waals surface area contributed by atoms with Crippen LogP contribution in [0.2, 0.25) is 0 Å². The van der Waals surface area contributed by atoms with Crippen LogP contribution in [-0.4, -0.2) is 19.7 Å². The Labute approximate surface area is 81.6 Å². The second-order valence-corrected chi connectivity index (χ2v) is 3.14. The van der Waals surface area contributed by atoms with E-state index in [-0.39, 0.29) is 0 Å². The van der Waals surface area contributed by atoms with Crippen molar-refractivity contribution in [2.24, 2.45) is 7.05 Å². The van der Waals surface area contributed by atoms with E-state index < -0.39 is 0 Å². The number of nitrogens with two attached hydrogens (primary N) is 1. The van der Waals surface area contributed by atoms with Gasteiger partial charge in [0.15, 0.2) is 5.82 Å². The molecule has 0 spiro atoms. The Kier molecular flexibility index (Phi) is 1.92. The highest BCUT2D eigenvalue weighted by atomic mass is 15.3. The molecule has 0 amide bonds. The summed E-state index contributed by atoms with van der Waals surface area (Å²) in [6.45, 7) is 1.87. The second kappa shape index (κ2) is 3.10. The summed E-state index contributed by atoms with van der Waals surface area (Å²) in [5.41, 5.74) is 7.96. The van der Waals surface area contributed by atoms with E-state index in [1.807, 2.05) is 30.7 Å². The quantitative estimate of drug-likeness (QED) is 0.719. The van der Waals surface area contributed by atoms with Gasteiger partial charge in [-0.05, 0) is 19.1 Å². The summed E-state index contributed by atoms with van der Waals surface area (Å²) in [6, 6.07) is 3.67. The number of hydrogen-bond acceptors (Lipinski definition) is 4. The molecule has 5 heteroatoms. The molecule has 0 aliphatic rings. The van der Waals surface area contributed by atoms with Gasteiger partial charge in [0.25, 0.3) is 0 Å². The zero-order valence-corrected chi connectivity index (χ0v) is 8.10. The number of rotatable bonds is 1. The largest absolute Gasteiger partial charge is 0.397 e. The van der Waals surface area contributed by atoms with Crippen molar-refractivity contribution in [3.63, 3.8) is 0 Å². The Morgan fingerprint density at radius 2 is 2.14 bits per heavy atom. The number of hydrogen-bond donors (Lipinski definition) is 1. The van der Waals surface area contributed by atoms with E-state index in [1.165, 1.54) is 0 Å². The molecule has 0 saturated carbocycles. The summed E-state index contributed by atoms with van der Waals surface area (Å²) in [5.74, 6) is 0.744. The lowest BCUT2D eigenvalue weighted by molar-refractivity contribution is 0.912. The Balaban J connectivity index is 2.53. The molecule has 0 bridgehead atoms. The summed E-state index contributed by atoms with van der Waals surface area (Å²) < 4.78 is 1.82. The third-order valence-electron chi connectivity index (χ3n) is 2.07. The van der Waals surface area contributed by atoms with E-state index in [4.69, 9.17) is 5.73 Å². The molecular formula is C9H11N5. The standard InChI is InChI=1S/C9H11N5/c1-6-7(10)3-4-8(12-6)9-13-11-5-14(9)2/h3-5H,10H2,1-2H3. The molecule has 0 fully saturated rings. The predicted octanol–water partition coefficient (Wildman–Crippen LogP) is 0.768. The summed E-state index contributed by atoms with van der Waals surface area (Å²) in [4.78, 5) is 4.33. The second-order valence-electron chi connectivity index (χ2n) is 3.14. The van der Waals surface area contributed by atoms with Gasteiger partial charge in [-0.25, -0.2) is 4.98 Å². The third kappa shape index (κ3) is 1.32. The zero-order chi connectivity index (χ0) is 10.1. The molecule has 2 heterocycles. The molecule has 0 saturated heterocycles. The van der Waals surface area contributed by atoms with Crippen LogP contribution in [0.5, 0.6) is 0 Å². The smallest absolute Gasteiger partial charge is 0.182 e. The molecule has 2 aromatic rings. The summed E-state index contributed by atoms with van der Waals surface area (Å²) >= 11 is 0. The van der Waals surface area contributed by atoms with Crippen molar-refractivity contribution in [1.29, 1.82) is 0 Å². The van der Waals surface area contributed by atoms with Crippen LogP contribution in [0.3, 0.4) is 0 Å². The van der Waals surface area contributed by atoms with E-state index in [0.29, 0.717) is 5.69 Å². The average Bonchev–Trinajstić information content (AvgIpc) is 2.57. The van der Waals surface area contributed by atoms with Crippen LogP contribution in [0.25, 0.3) is 11.5 Å². The summed E-state index contributed by atoms with van der Waals surface area (Å²) in [6.07, 6.45) is 1.64. The first-order valence-electron chi connectivity index (χ1n) is 4.26. The maximum atomic E-state index is 5.67. The van der Waals surface area contributed by atoms with Crippen molar-refractivity contribution in [2.45, 2.75) is 6.92 Å². The maximum absolute atomic E-state index is 5.67. The molecule has 0 aromatic carbocycles. The van der Waals surface area contributed by atoms with E-state index in [9.17, 15) is 0 Å². The van der Waals surface area contributed by atoms with Gasteiger partial charge in [0, 0.05) is 7.05 Å². The summed E-state index contributed by atoms with van der Waals surface area (Å²) in [5, 5.41) is 7.76. The molecule has 14 heavy (non-hydrogen) atoms. The van der Waals surface area contributed by atoms with Gasteiger partial charge in [0.2, 0.25) is 0 Å². The monoisotopic (exact) mass is 189 g/mol. The van der Waals surface area contributed by atoms with Gasteiger partial charge in [-0.15, -0.1) is 10.2 Å². The van der Waals surface area contributed by atoms with Gasteiger partial charge in [-0.3, -0.25) is 0 Å². The van der Waals surface area contributed by atoms with Crippen LogP contribution >= 0.6 is 0 Å². The number of aryl methyl sites for hydroxylation is 2. The van der Waals surface area contributed by atoms with Gasteiger partial charge in [0.1, 0.15) is 12.0 Å². The number of aromatic nitrogens is 4. The fourth-order valence-corrected chi connectivity index (χ4v) is 1.21.